The molecule has 1 N–H and O–H groups in total. The number of carbonyl (C=O) groups is 1. The number of aromatic nitrogens is 2. The quantitative estimate of drug-likeness (QED) is 0.817. The molecule has 0 saturated carbocycles. The lowest BCUT2D eigenvalue weighted by molar-refractivity contribution is 0.102. The van der Waals surface area contributed by atoms with Crippen molar-refractivity contribution < 1.29 is 4.79 Å². The summed E-state index contributed by atoms with van der Waals surface area (Å²) in [6.07, 6.45) is 2.03. The largest absolute Gasteiger partial charge is 0.341 e. The number of anilines is 2. The first kappa shape index (κ1) is 18.9. The molecule has 0 spiro atoms. The van der Waals surface area contributed by atoms with Crippen molar-refractivity contribution in [3.8, 4) is 0 Å². The summed E-state index contributed by atoms with van der Waals surface area (Å²) in [5.41, 5.74) is 4.24. The number of rotatable bonds is 7. The van der Waals surface area contributed by atoms with E-state index < -0.39 is 0 Å². The van der Waals surface area contributed by atoms with Crippen LogP contribution in [-0.2, 0) is 0 Å². The summed E-state index contributed by atoms with van der Waals surface area (Å²) in [6.45, 7) is 12.0. The molecular weight excluding hydrogens is 312 g/mol. The zero-order chi connectivity index (χ0) is 18.4. The number of hydrogen-bond acceptors (Lipinski definition) is 4. The Bertz CT molecular complexity index is 736. The third-order valence-electron chi connectivity index (χ3n) is 4.20. The van der Waals surface area contributed by atoms with Crippen LogP contribution in [0.2, 0.25) is 0 Å². The maximum atomic E-state index is 12.7. The van der Waals surface area contributed by atoms with Crippen LogP contribution in [0.5, 0.6) is 0 Å². The van der Waals surface area contributed by atoms with Crippen molar-refractivity contribution in [1.29, 1.82) is 0 Å². The SMILES string of the molecule is CCCN(CCC)c1nc(C)cc(C(=O)Nc2cccc(C)c2C)n1. The topological polar surface area (TPSA) is 58.1 Å². The van der Waals surface area contributed by atoms with Gasteiger partial charge in [0.2, 0.25) is 5.95 Å². The molecule has 0 atom stereocenters. The van der Waals surface area contributed by atoms with Crippen LogP contribution in [0.15, 0.2) is 24.3 Å². The average molecular weight is 340 g/mol. The van der Waals surface area contributed by atoms with E-state index in [1.54, 1.807) is 6.07 Å². The average Bonchev–Trinajstić information content (AvgIpc) is 2.58. The molecule has 0 aliphatic carbocycles. The summed E-state index contributed by atoms with van der Waals surface area (Å²) in [5.74, 6) is 0.434. The van der Waals surface area contributed by atoms with Crippen LogP contribution in [0.1, 0.15) is 54.0 Å². The summed E-state index contributed by atoms with van der Waals surface area (Å²) < 4.78 is 0. The van der Waals surface area contributed by atoms with Crippen LogP contribution in [0.3, 0.4) is 0 Å². The van der Waals surface area contributed by atoms with Crippen molar-refractivity contribution in [3.05, 3.63) is 46.8 Å². The van der Waals surface area contributed by atoms with Gasteiger partial charge in [0.15, 0.2) is 0 Å². The Labute approximate surface area is 150 Å². The predicted molar refractivity (Wildman–Crippen MR) is 103 cm³/mol. The van der Waals surface area contributed by atoms with Crippen LogP contribution in [-0.4, -0.2) is 29.0 Å². The highest BCUT2D eigenvalue weighted by Gasteiger charge is 2.15. The fraction of sp³-hybridized carbons (Fsp3) is 0.450. The van der Waals surface area contributed by atoms with Crippen molar-refractivity contribution in [2.24, 2.45) is 0 Å². The molecule has 0 fully saturated rings. The molecule has 1 amide bonds. The Morgan fingerprint density at radius 3 is 2.40 bits per heavy atom. The van der Waals surface area contributed by atoms with Gasteiger partial charge in [-0.25, -0.2) is 9.97 Å². The van der Waals surface area contributed by atoms with Crippen LogP contribution in [0.4, 0.5) is 11.6 Å². The molecule has 0 saturated heterocycles. The number of nitrogens with zero attached hydrogens (tertiary/aromatic N) is 3. The summed E-state index contributed by atoms with van der Waals surface area (Å²) in [5, 5.41) is 2.98. The maximum absolute atomic E-state index is 12.7. The molecule has 1 aromatic heterocycles. The first-order valence-corrected chi connectivity index (χ1v) is 8.94. The molecule has 25 heavy (non-hydrogen) atoms. The van der Waals surface area contributed by atoms with Gasteiger partial charge in [0, 0.05) is 24.5 Å². The van der Waals surface area contributed by atoms with E-state index in [9.17, 15) is 4.79 Å². The molecule has 2 rings (SSSR count). The minimum absolute atomic E-state index is 0.201. The fourth-order valence-corrected chi connectivity index (χ4v) is 2.74. The second-order valence-corrected chi connectivity index (χ2v) is 6.38. The fourth-order valence-electron chi connectivity index (χ4n) is 2.74. The number of aryl methyl sites for hydroxylation is 2. The van der Waals surface area contributed by atoms with Crippen LogP contribution >= 0.6 is 0 Å². The van der Waals surface area contributed by atoms with Gasteiger partial charge < -0.3 is 10.2 Å². The number of benzene rings is 1. The minimum atomic E-state index is -0.201. The van der Waals surface area contributed by atoms with E-state index in [4.69, 9.17) is 0 Å². The highest BCUT2D eigenvalue weighted by Crippen LogP contribution is 2.19. The first-order valence-electron chi connectivity index (χ1n) is 8.94. The van der Waals surface area contributed by atoms with Gasteiger partial charge in [-0.1, -0.05) is 26.0 Å². The minimum Gasteiger partial charge on any atom is -0.341 e. The van der Waals surface area contributed by atoms with Gasteiger partial charge in [0.1, 0.15) is 5.69 Å². The molecule has 1 heterocycles. The molecule has 134 valence electrons. The van der Waals surface area contributed by atoms with Crippen molar-refractivity contribution in [1.82, 2.24) is 9.97 Å². The Balaban J connectivity index is 2.29. The third-order valence-corrected chi connectivity index (χ3v) is 4.20. The van der Waals surface area contributed by atoms with E-state index in [1.807, 2.05) is 39.0 Å². The monoisotopic (exact) mass is 340 g/mol. The van der Waals surface area contributed by atoms with E-state index in [2.05, 4.69) is 34.0 Å². The Kier molecular flexibility index (Phi) is 6.51. The lowest BCUT2D eigenvalue weighted by Gasteiger charge is -2.22. The molecule has 0 aliphatic heterocycles. The molecule has 5 nitrogen and oxygen atoms in total. The van der Waals surface area contributed by atoms with Gasteiger partial charge in [-0.15, -0.1) is 0 Å². The summed E-state index contributed by atoms with van der Waals surface area (Å²) >= 11 is 0. The molecule has 5 heteroatoms. The summed E-state index contributed by atoms with van der Waals surface area (Å²) in [4.78, 5) is 23.9. The number of amides is 1. The predicted octanol–water partition coefficient (Wildman–Crippen LogP) is 4.28. The van der Waals surface area contributed by atoms with Gasteiger partial charge in [0.25, 0.3) is 5.91 Å². The normalized spacial score (nSPS) is 10.6. The van der Waals surface area contributed by atoms with Gasteiger partial charge in [-0.3, -0.25) is 4.79 Å². The molecule has 1 aromatic carbocycles. The van der Waals surface area contributed by atoms with Gasteiger partial charge in [0.05, 0.1) is 0 Å². The highest BCUT2D eigenvalue weighted by molar-refractivity contribution is 6.03. The van der Waals surface area contributed by atoms with Crippen LogP contribution < -0.4 is 10.2 Å². The van der Waals surface area contributed by atoms with Gasteiger partial charge in [-0.2, -0.15) is 0 Å². The van der Waals surface area contributed by atoms with E-state index in [0.29, 0.717) is 11.6 Å². The first-order chi connectivity index (χ1) is 12.0. The summed E-state index contributed by atoms with van der Waals surface area (Å²) in [7, 11) is 0. The highest BCUT2D eigenvalue weighted by atomic mass is 16.1. The van der Waals surface area contributed by atoms with Crippen molar-refractivity contribution in [2.45, 2.75) is 47.5 Å². The smallest absolute Gasteiger partial charge is 0.274 e. The van der Waals surface area contributed by atoms with Crippen LogP contribution in [0.25, 0.3) is 0 Å². The number of carbonyl (C=O) groups excluding carboxylic acids is 1. The van der Waals surface area contributed by atoms with Gasteiger partial charge >= 0.3 is 0 Å². The van der Waals surface area contributed by atoms with Gasteiger partial charge in [-0.05, 0) is 56.9 Å². The van der Waals surface area contributed by atoms with Crippen LogP contribution in [0, 0.1) is 20.8 Å². The third kappa shape index (κ3) is 4.78. The number of nitrogens with one attached hydrogen (secondary N) is 1. The van der Waals surface area contributed by atoms with Crippen molar-refractivity contribution >= 4 is 17.5 Å². The Morgan fingerprint density at radius 2 is 1.76 bits per heavy atom. The number of hydrogen-bond donors (Lipinski definition) is 1. The maximum Gasteiger partial charge on any atom is 0.274 e. The van der Waals surface area contributed by atoms with E-state index >= 15 is 0 Å². The Hall–Kier alpha value is -2.43. The summed E-state index contributed by atoms with van der Waals surface area (Å²) in [6, 6.07) is 7.62. The molecule has 0 aliphatic rings. The lowest BCUT2D eigenvalue weighted by Crippen LogP contribution is -2.28. The van der Waals surface area contributed by atoms with E-state index in [1.165, 1.54) is 0 Å². The van der Waals surface area contributed by atoms with Crippen molar-refractivity contribution in [3.63, 3.8) is 0 Å². The lowest BCUT2D eigenvalue weighted by atomic mass is 10.1. The zero-order valence-electron chi connectivity index (χ0n) is 15.9. The molecule has 2 aromatic rings. The zero-order valence-corrected chi connectivity index (χ0v) is 15.9. The van der Waals surface area contributed by atoms with Crippen molar-refractivity contribution in [2.75, 3.05) is 23.3 Å². The van der Waals surface area contributed by atoms with E-state index in [-0.39, 0.29) is 5.91 Å². The standard InChI is InChI=1S/C20H28N4O/c1-6-11-24(12-7-2)20-21-15(4)13-18(23-20)19(25)22-17-10-8-9-14(3)16(17)5/h8-10,13H,6-7,11-12H2,1-5H3,(H,22,25). The molecular formula is C20H28N4O. The van der Waals surface area contributed by atoms with E-state index in [0.717, 1.165) is 48.4 Å². The molecule has 0 bridgehead atoms. The second kappa shape index (κ2) is 8.60. The molecule has 0 unspecified atom stereocenters. The molecule has 0 radical (unpaired) electrons. The Morgan fingerprint density at radius 1 is 1.08 bits per heavy atom. The second-order valence-electron chi connectivity index (χ2n) is 6.38.